The van der Waals surface area contributed by atoms with Gasteiger partial charge in [0.2, 0.25) is 0 Å². The minimum Gasteiger partial charge on any atom is -0.493 e. The Labute approximate surface area is 146 Å². The topological polar surface area (TPSA) is 44.5 Å². The molecule has 4 nitrogen and oxygen atoms in total. The molecule has 4 rings (SSSR count). The SMILES string of the molecule is CCc1cc2c(CC)ccc3nc4cc(OC)c(OC)cc4c-3c2o1. The van der Waals surface area contributed by atoms with Crippen LogP contribution in [0, 0.1) is 0 Å². The Kier molecular flexibility index (Phi) is 3.75. The summed E-state index contributed by atoms with van der Waals surface area (Å²) in [6.45, 7) is 4.27. The third-order valence-corrected chi connectivity index (χ3v) is 4.80. The van der Waals surface area contributed by atoms with Gasteiger partial charge in [0.25, 0.3) is 0 Å². The van der Waals surface area contributed by atoms with Crippen molar-refractivity contribution in [2.24, 2.45) is 0 Å². The van der Waals surface area contributed by atoms with Crippen LogP contribution < -0.4 is 9.47 Å². The maximum absolute atomic E-state index is 6.22. The van der Waals surface area contributed by atoms with Crippen molar-refractivity contribution in [2.75, 3.05) is 14.2 Å². The lowest BCUT2D eigenvalue weighted by atomic mass is 10.1. The van der Waals surface area contributed by atoms with E-state index in [4.69, 9.17) is 18.9 Å². The number of ether oxygens (including phenoxy) is 2. The maximum atomic E-state index is 6.22. The fraction of sp³-hybridized carbons (Fsp3) is 0.286. The average molecular weight is 335 g/mol. The number of furan rings is 1. The molecule has 0 unspecified atom stereocenters. The molecule has 2 aromatic rings. The van der Waals surface area contributed by atoms with Crippen LogP contribution in [0.1, 0.15) is 25.2 Å². The average Bonchev–Trinajstić information content (AvgIpc) is 3.18. The number of nitrogens with zero attached hydrogens (tertiary/aromatic N) is 1. The molecule has 0 atom stereocenters. The van der Waals surface area contributed by atoms with Gasteiger partial charge in [-0.05, 0) is 30.2 Å². The molecule has 1 aliphatic heterocycles. The smallest absolute Gasteiger partial charge is 0.162 e. The molecule has 0 amide bonds. The summed E-state index contributed by atoms with van der Waals surface area (Å²) >= 11 is 0. The van der Waals surface area contributed by atoms with Crippen LogP contribution in [0.2, 0.25) is 0 Å². The number of rotatable bonds is 4. The monoisotopic (exact) mass is 335 g/mol. The van der Waals surface area contributed by atoms with E-state index in [0.717, 1.165) is 46.3 Å². The lowest BCUT2D eigenvalue weighted by Crippen LogP contribution is -1.89. The van der Waals surface area contributed by atoms with Crippen LogP contribution in [0.4, 0.5) is 0 Å². The molecule has 4 heteroatoms. The van der Waals surface area contributed by atoms with Crippen molar-refractivity contribution in [3.8, 4) is 22.8 Å². The van der Waals surface area contributed by atoms with E-state index in [1.807, 2.05) is 12.1 Å². The van der Waals surface area contributed by atoms with Gasteiger partial charge in [0.05, 0.1) is 31.0 Å². The molecular formula is C21H21NO3. The number of aryl methyl sites for hydroxylation is 2. The number of methoxy groups -OCH3 is 2. The molecule has 25 heavy (non-hydrogen) atoms. The highest BCUT2D eigenvalue weighted by Gasteiger charge is 2.21. The zero-order chi connectivity index (χ0) is 17.6. The predicted octanol–water partition coefficient (Wildman–Crippen LogP) is 5.23. The van der Waals surface area contributed by atoms with Gasteiger partial charge < -0.3 is 13.9 Å². The largest absolute Gasteiger partial charge is 0.493 e. The molecule has 0 spiro atoms. The molecule has 1 aliphatic carbocycles. The molecule has 0 radical (unpaired) electrons. The lowest BCUT2D eigenvalue weighted by Gasteiger charge is -2.07. The lowest BCUT2D eigenvalue weighted by molar-refractivity contribution is 0.356. The first-order valence-electron chi connectivity index (χ1n) is 8.59. The molecule has 0 saturated heterocycles. The predicted molar refractivity (Wildman–Crippen MR) is 100.0 cm³/mol. The molecule has 0 fully saturated rings. The van der Waals surface area contributed by atoms with Gasteiger partial charge in [-0.15, -0.1) is 0 Å². The zero-order valence-electron chi connectivity index (χ0n) is 15.0. The minimum absolute atomic E-state index is 0.682. The van der Waals surface area contributed by atoms with Gasteiger partial charge in [0, 0.05) is 23.3 Å². The maximum Gasteiger partial charge on any atom is 0.162 e. The highest BCUT2D eigenvalue weighted by atomic mass is 16.5. The standard InChI is InChI=1S/C21H21NO3/c1-5-12-7-8-16-20(21-14(12)9-13(6-2)25-21)15-10-18(23-3)19(24-4)11-17(15)22-16/h7-11H,5-6H2,1-4H3. The first-order valence-corrected chi connectivity index (χ1v) is 8.59. The van der Waals surface area contributed by atoms with Crippen LogP contribution in [-0.2, 0) is 12.8 Å². The van der Waals surface area contributed by atoms with Gasteiger partial charge in [-0.3, -0.25) is 0 Å². The molecule has 128 valence electrons. The number of fused-ring (bicyclic) bond motifs is 5. The molecular weight excluding hydrogens is 314 g/mol. The number of benzene rings is 1. The first kappa shape index (κ1) is 15.8. The van der Waals surface area contributed by atoms with E-state index >= 15 is 0 Å². The summed E-state index contributed by atoms with van der Waals surface area (Å²) < 4.78 is 17.1. The molecule has 2 heterocycles. The highest BCUT2D eigenvalue weighted by Crippen LogP contribution is 2.42. The summed E-state index contributed by atoms with van der Waals surface area (Å²) in [4.78, 5) is 4.80. The summed E-state index contributed by atoms with van der Waals surface area (Å²) in [5, 5.41) is 2.19. The van der Waals surface area contributed by atoms with E-state index in [-0.39, 0.29) is 0 Å². The number of hydrogen-bond acceptors (Lipinski definition) is 4. The fourth-order valence-corrected chi connectivity index (χ4v) is 3.46. The van der Waals surface area contributed by atoms with Crippen molar-refractivity contribution in [1.29, 1.82) is 0 Å². The van der Waals surface area contributed by atoms with Crippen molar-refractivity contribution in [3.63, 3.8) is 0 Å². The molecule has 0 bridgehead atoms. The Hall–Kier alpha value is -2.75. The van der Waals surface area contributed by atoms with Crippen LogP contribution in [0.3, 0.4) is 0 Å². The fourth-order valence-electron chi connectivity index (χ4n) is 3.46. The Bertz CT molecular complexity index is 1050. The van der Waals surface area contributed by atoms with Crippen LogP contribution in [0.25, 0.3) is 33.1 Å². The van der Waals surface area contributed by atoms with Crippen molar-refractivity contribution >= 4 is 21.9 Å². The van der Waals surface area contributed by atoms with Crippen LogP contribution in [-0.4, -0.2) is 19.2 Å². The minimum atomic E-state index is 0.682. The van der Waals surface area contributed by atoms with Crippen molar-refractivity contribution < 1.29 is 13.9 Å². The van der Waals surface area contributed by atoms with E-state index in [2.05, 4.69) is 32.0 Å². The molecule has 1 aromatic carbocycles. The summed E-state index contributed by atoms with van der Waals surface area (Å²) in [5.41, 5.74) is 5.01. The van der Waals surface area contributed by atoms with Gasteiger partial charge in [-0.2, -0.15) is 0 Å². The van der Waals surface area contributed by atoms with Crippen LogP contribution in [0.15, 0.2) is 34.7 Å². The molecule has 0 saturated carbocycles. The second-order valence-corrected chi connectivity index (χ2v) is 6.12. The van der Waals surface area contributed by atoms with Gasteiger partial charge in [0.1, 0.15) is 11.3 Å². The second-order valence-electron chi connectivity index (χ2n) is 6.12. The zero-order valence-corrected chi connectivity index (χ0v) is 15.0. The molecule has 1 aromatic heterocycles. The van der Waals surface area contributed by atoms with E-state index in [1.165, 1.54) is 10.9 Å². The number of aromatic nitrogens is 1. The van der Waals surface area contributed by atoms with E-state index < -0.39 is 0 Å². The third kappa shape index (κ3) is 2.32. The van der Waals surface area contributed by atoms with E-state index in [0.29, 0.717) is 11.5 Å². The first-order chi connectivity index (χ1) is 12.2. The second kappa shape index (κ2) is 5.96. The normalized spacial score (nSPS) is 11.5. The van der Waals surface area contributed by atoms with Crippen molar-refractivity contribution in [2.45, 2.75) is 26.7 Å². The summed E-state index contributed by atoms with van der Waals surface area (Å²) in [7, 11) is 3.28. The third-order valence-electron chi connectivity index (χ3n) is 4.80. The summed E-state index contributed by atoms with van der Waals surface area (Å²) in [6, 6.07) is 10.3. The van der Waals surface area contributed by atoms with E-state index in [9.17, 15) is 0 Å². The Morgan fingerprint density at radius 1 is 0.920 bits per heavy atom. The van der Waals surface area contributed by atoms with Gasteiger partial charge in [-0.1, -0.05) is 19.9 Å². The molecule has 0 N–H and O–H groups in total. The summed E-state index contributed by atoms with van der Waals surface area (Å²) in [6.07, 6.45) is 1.82. The highest BCUT2D eigenvalue weighted by molar-refractivity contribution is 6.09. The van der Waals surface area contributed by atoms with Crippen LogP contribution in [0.5, 0.6) is 11.5 Å². The van der Waals surface area contributed by atoms with Crippen molar-refractivity contribution in [3.05, 3.63) is 41.7 Å². The Balaban J connectivity index is 2.17. The van der Waals surface area contributed by atoms with Crippen molar-refractivity contribution in [1.82, 2.24) is 4.98 Å². The quantitative estimate of drug-likeness (QED) is 0.512. The molecule has 2 aliphatic rings. The van der Waals surface area contributed by atoms with Gasteiger partial charge >= 0.3 is 0 Å². The van der Waals surface area contributed by atoms with E-state index in [1.54, 1.807) is 14.2 Å². The van der Waals surface area contributed by atoms with Gasteiger partial charge in [-0.25, -0.2) is 4.98 Å². The number of hydrogen-bond donors (Lipinski definition) is 0. The Morgan fingerprint density at radius 2 is 1.68 bits per heavy atom. The van der Waals surface area contributed by atoms with Gasteiger partial charge in [0.15, 0.2) is 11.5 Å². The van der Waals surface area contributed by atoms with Crippen LogP contribution >= 0.6 is 0 Å². The summed E-state index contributed by atoms with van der Waals surface area (Å²) in [5.74, 6) is 2.37. The Morgan fingerprint density at radius 3 is 2.36 bits per heavy atom.